The zero-order chi connectivity index (χ0) is 14.5. The maximum Gasteiger partial charge on any atom is 0.270 e. The Morgan fingerprint density at radius 2 is 2.05 bits per heavy atom. The molecule has 5 nitrogen and oxygen atoms in total. The van der Waals surface area contributed by atoms with Crippen LogP contribution in [0.15, 0.2) is 18.2 Å². The Kier molecular flexibility index (Phi) is 4.71. The van der Waals surface area contributed by atoms with Crippen molar-refractivity contribution in [3.05, 3.63) is 33.9 Å². The molecule has 1 aromatic carbocycles. The van der Waals surface area contributed by atoms with E-state index in [1.807, 2.05) is 11.9 Å². The molecule has 0 N–H and O–H groups in total. The van der Waals surface area contributed by atoms with Crippen LogP contribution in [-0.4, -0.2) is 24.8 Å². The molecule has 0 amide bonds. The number of carbonyl (C=O) groups excluding carboxylic acids is 1. The molecular weight excluding hydrogens is 256 g/mol. The van der Waals surface area contributed by atoms with E-state index in [1.165, 1.54) is 44.2 Å². The third-order valence-electron chi connectivity index (χ3n) is 4.02. The summed E-state index contributed by atoms with van der Waals surface area (Å²) in [7, 11) is 1.95. The van der Waals surface area contributed by atoms with E-state index in [9.17, 15) is 14.9 Å². The van der Waals surface area contributed by atoms with Crippen molar-refractivity contribution in [3.63, 3.8) is 0 Å². The lowest BCUT2D eigenvalue weighted by molar-refractivity contribution is -0.384. The fourth-order valence-electron chi connectivity index (χ4n) is 2.95. The molecule has 1 aliphatic carbocycles. The molecule has 108 valence electrons. The minimum absolute atomic E-state index is 0.0399. The van der Waals surface area contributed by atoms with Gasteiger partial charge in [-0.3, -0.25) is 14.9 Å². The van der Waals surface area contributed by atoms with Crippen LogP contribution in [0, 0.1) is 16.0 Å². The molecule has 20 heavy (non-hydrogen) atoms. The summed E-state index contributed by atoms with van der Waals surface area (Å²) in [4.78, 5) is 23.5. The van der Waals surface area contributed by atoms with Crippen molar-refractivity contribution in [3.8, 4) is 0 Å². The van der Waals surface area contributed by atoms with Crippen LogP contribution in [0.5, 0.6) is 0 Å². The van der Waals surface area contributed by atoms with Gasteiger partial charge in [-0.1, -0.05) is 19.3 Å². The predicted molar refractivity (Wildman–Crippen MR) is 78.3 cm³/mol. The third-order valence-corrected chi connectivity index (χ3v) is 4.02. The number of non-ortho nitro benzene ring substituents is 1. The lowest BCUT2D eigenvalue weighted by Gasteiger charge is -2.29. The zero-order valence-corrected chi connectivity index (χ0v) is 11.7. The molecule has 1 fully saturated rings. The van der Waals surface area contributed by atoms with E-state index in [0.717, 1.165) is 12.2 Å². The minimum Gasteiger partial charge on any atom is -0.374 e. The summed E-state index contributed by atoms with van der Waals surface area (Å²) in [5.41, 5.74) is 1.12. The highest BCUT2D eigenvalue weighted by Gasteiger charge is 2.18. The molecule has 0 unspecified atom stereocenters. The number of nitrogens with zero attached hydrogens (tertiary/aromatic N) is 2. The average Bonchev–Trinajstić information content (AvgIpc) is 2.47. The van der Waals surface area contributed by atoms with E-state index < -0.39 is 4.92 Å². The summed E-state index contributed by atoms with van der Waals surface area (Å²) in [5.74, 6) is 0.656. The summed E-state index contributed by atoms with van der Waals surface area (Å²) >= 11 is 0. The van der Waals surface area contributed by atoms with E-state index in [0.29, 0.717) is 17.8 Å². The second-order valence-electron chi connectivity index (χ2n) is 5.50. The van der Waals surface area contributed by atoms with Crippen LogP contribution < -0.4 is 4.90 Å². The Morgan fingerprint density at radius 3 is 2.65 bits per heavy atom. The SMILES string of the molecule is CN(CC1CCCCC1)c1ccc([N+](=O)[O-])cc1C=O. The number of hydrogen-bond acceptors (Lipinski definition) is 4. The van der Waals surface area contributed by atoms with E-state index in [4.69, 9.17) is 0 Å². The van der Waals surface area contributed by atoms with Crippen molar-refractivity contribution in [2.75, 3.05) is 18.5 Å². The van der Waals surface area contributed by atoms with E-state index >= 15 is 0 Å². The lowest BCUT2D eigenvalue weighted by Crippen LogP contribution is -2.27. The largest absolute Gasteiger partial charge is 0.374 e. The highest BCUT2D eigenvalue weighted by Crippen LogP contribution is 2.28. The Labute approximate surface area is 118 Å². The fraction of sp³-hybridized carbons (Fsp3) is 0.533. The van der Waals surface area contributed by atoms with Crippen LogP contribution in [0.1, 0.15) is 42.5 Å². The van der Waals surface area contributed by atoms with Gasteiger partial charge in [-0.25, -0.2) is 0 Å². The first-order chi connectivity index (χ1) is 9.61. The number of anilines is 1. The Hall–Kier alpha value is -1.91. The van der Waals surface area contributed by atoms with Gasteiger partial charge in [-0.15, -0.1) is 0 Å². The number of benzene rings is 1. The van der Waals surface area contributed by atoms with Gasteiger partial charge < -0.3 is 4.90 Å². The predicted octanol–water partition coefficient (Wildman–Crippen LogP) is 3.42. The Morgan fingerprint density at radius 1 is 1.35 bits per heavy atom. The molecule has 0 bridgehead atoms. The number of carbonyl (C=O) groups is 1. The molecular formula is C15H20N2O3. The molecule has 5 heteroatoms. The Bertz CT molecular complexity index is 496. The summed E-state index contributed by atoms with van der Waals surface area (Å²) in [6.07, 6.45) is 7.02. The van der Waals surface area contributed by atoms with Crippen LogP contribution >= 0.6 is 0 Å². The van der Waals surface area contributed by atoms with Crippen LogP contribution in [0.3, 0.4) is 0 Å². The van der Waals surface area contributed by atoms with E-state index in [2.05, 4.69) is 0 Å². The number of nitro benzene ring substituents is 1. The second kappa shape index (κ2) is 6.50. The summed E-state index contributed by atoms with van der Waals surface area (Å²) < 4.78 is 0. The smallest absolute Gasteiger partial charge is 0.270 e. The molecule has 1 aromatic rings. The summed E-state index contributed by atoms with van der Waals surface area (Å²) in [5, 5.41) is 10.7. The monoisotopic (exact) mass is 276 g/mol. The maximum atomic E-state index is 11.1. The fourth-order valence-corrected chi connectivity index (χ4v) is 2.95. The Balaban J connectivity index is 2.13. The minimum atomic E-state index is -0.474. The molecule has 0 atom stereocenters. The van der Waals surface area contributed by atoms with Crippen LogP contribution in [-0.2, 0) is 0 Å². The highest BCUT2D eigenvalue weighted by molar-refractivity contribution is 5.85. The quantitative estimate of drug-likeness (QED) is 0.469. The van der Waals surface area contributed by atoms with Crippen molar-refractivity contribution < 1.29 is 9.72 Å². The first kappa shape index (κ1) is 14.5. The van der Waals surface area contributed by atoms with Crippen molar-refractivity contribution >= 4 is 17.7 Å². The van der Waals surface area contributed by atoms with Crippen LogP contribution in [0.25, 0.3) is 0 Å². The molecule has 0 heterocycles. The van der Waals surface area contributed by atoms with Crippen molar-refractivity contribution in [1.82, 2.24) is 0 Å². The summed E-state index contributed by atoms with van der Waals surface area (Å²) in [6.45, 7) is 0.901. The topological polar surface area (TPSA) is 63.4 Å². The molecule has 2 rings (SSSR count). The van der Waals surface area contributed by atoms with Gasteiger partial charge >= 0.3 is 0 Å². The normalized spacial score (nSPS) is 15.8. The van der Waals surface area contributed by atoms with Crippen molar-refractivity contribution in [1.29, 1.82) is 0 Å². The van der Waals surface area contributed by atoms with Gasteiger partial charge in [0.15, 0.2) is 6.29 Å². The molecule has 0 radical (unpaired) electrons. The van der Waals surface area contributed by atoms with Gasteiger partial charge in [0.05, 0.1) is 4.92 Å². The van der Waals surface area contributed by atoms with Gasteiger partial charge in [0.1, 0.15) is 0 Å². The first-order valence-corrected chi connectivity index (χ1v) is 7.06. The van der Waals surface area contributed by atoms with Crippen LogP contribution in [0.4, 0.5) is 11.4 Å². The number of rotatable bonds is 5. The molecule has 0 aromatic heterocycles. The van der Waals surface area contributed by atoms with E-state index in [1.54, 1.807) is 6.07 Å². The highest BCUT2D eigenvalue weighted by atomic mass is 16.6. The number of nitro groups is 1. The van der Waals surface area contributed by atoms with Gasteiger partial charge in [-0.05, 0) is 24.8 Å². The third kappa shape index (κ3) is 3.35. The van der Waals surface area contributed by atoms with Crippen molar-refractivity contribution in [2.24, 2.45) is 5.92 Å². The zero-order valence-electron chi connectivity index (χ0n) is 11.7. The molecule has 0 saturated heterocycles. The van der Waals surface area contributed by atoms with Crippen LogP contribution in [0.2, 0.25) is 0 Å². The van der Waals surface area contributed by atoms with Crippen molar-refractivity contribution in [2.45, 2.75) is 32.1 Å². The first-order valence-electron chi connectivity index (χ1n) is 7.06. The lowest BCUT2D eigenvalue weighted by atomic mass is 9.89. The molecule has 1 saturated carbocycles. The number of hydrogen-bond donors (Lipinski definition) is 0. The average molecular weight is 276 g/mol. The molecule has 0 spiro atoms. The summed E-state index contributed by atoms with van der Waals surface area (Å²) in [6, 6.07) is 4.48. The standard InChI is InChI=1S/C15H20N2O3/c1-16(10-12-5-3-2-4-6-12)15-8-7-14(17(19)20)9-13(15)11-18/h7-9,11-12H,2-6,10H2,1H3. The van der Waals surface area contributed by atoms with E-state index in [-0.39, 0.29) is 5.69 Å². The molecule has 1 aliphatic rings. The van der Waals surface area contributed by atoms with Gasteiger partial charge in [0.2, 0.25) is 0 Å². The van der Waals surface area contributed by atoms with Gasteiger partial charge in [0.25, 0.3) is 5.69 Å². The second-order valence-corrected chi connectivity index (χ2v) is 5.50. The van der Waals surface area contributed by atoms with Gasteiger partial charge in [0, 0.05) is 37.0 Å². The maximum absolute atomic E-state index is 11.1. The molecule has 0 aliphatic heterocycles. The van der Waals surface area contributed by atoms with Gasteiger partial charge in [-0.2, -0.15) is 0 Å². The number of aldehydes is 1.